The predicted octanol–water partition coefficient (Wildman–Crippen LogP) is 1.01. The normalized spacial score (nSPS) is 20.2. The van der Waals surface area contributed by atoms with Gasteiger partial charge in [0.05, 0.1) is 0 Å². The molecule has 2 heteroatoms. The highest BCUT2D eigenvalue weighted by molar-refractivity contribution is 4.77. The third-order valence-electron chi connectivity index (χ3n) is 0.524. The zero-order chi connectivity index (χ0) is 4.41. The molecule has 0 aliphatic carbocycles. The average Bonchev–Trinajstić information content (AvgIpc) is 1.86. The third-order valence-corrected chi connectivity index (χ3v) is 0.524. The molecule has 0 bridgehead atoms. The number of hydrogen-bond donors (Lipinski definition) is 0. The fourth-order valence-corrected chi connectivity index (χ4v) is 0.275. The second-order valence-corrected chi connectivity index (χ2v) is 0.999. The lowest BCUT2D eigenvalue weighted by Crippen LogP contribution is -1.84. The summed E-state index contributed by atoms with van der Waals surface area (Å²) in [4.78, 5) is 0. The van der Waals surface area contributed by atoms with Crippen LogP contribution in [0, 0.1) is 6.29 Å². The van der Waals surface area contributed by atoms with Crippen LogP contribution >= 0.6 is 0 Å². The van der Waals surface area contributed by atoms with Crippen molar-refractivity contribution in [2.45, 2.75) is 6.92 Å². The van der Waals surface area contributed by atoms with Gasteiger partial charge in [-0.2, -0.15) is 0 Å². The van der Waals surface area contributed by atoms with E-state index < -0.39 is 0 Å². The van der Waals surface area contributed by atoms with E-state index in [0.29, 0.717) is 6.29 Å². The van der Waals surface area contributed by atoms with E-state index in [4.69, 9.17) is 0 Å². The average molecular weight is 85.1 g/mol. The van der Waals surface area contributed by atoms with Gasteiger partial charge in [0, 0.05) is 6.92 Å². The van der Waals surface area contributed by atoms with Crippen molar-refractivity contribution >= 4 is 0 Å². The van der Waals surface area contributed by atoms with Gasteiger partial charge in [0.2, 0.25) is 0 Å². The lowest BCUT2D eigenvalue weighted by molar-refractivity contribution is 0.107. The van der Waals surface area contributed by atoms with Crippen LogP contribution in [0.5, 0.6) is 0 Å². The Balaban J connectivity index is 2.32. The highest BCUT2D eigenvalue weighted by atomic mass is 16.7. The van der Waals surface area contributed by atoms with Gasteiger partial charge in [0.25, 0.3) is 0 Å². The predicted molar refractivity (Wildman–Crippen MR) is 20.2 cm³/mol. The Morgan fingerprint density at radius 1 is 1.33 bits per heavy atom. The van der Waals surface area contributed by atoms with E-state index >= 15 is 0 Å². The molecule has 0 aromatic heterocycles. The maximum atomic E-state index is 4.67. The maximum Gasteiger partial charge on any atom is 0.325 e. The second-order valence-electron chi connectivity index (χ2n) is 0.999. The molecule has 0 aromatic carbocycles. The van der Waals surface area contributed by atoms with E-state index in [-0.39, 0.29) is 0 Å². The topological polar surface area (TPSA) is 18.5 Å². The summed E-state index contributed by atoms with van der Waals surface area (Å²) in [6, 6.07) is 0. The highest BCUT2D eigenvalue weighted by Crippen LogP contribution is 2.09. The molecule has 0 unspecified atom stereocenters. The van der Waals surface area contributed by atoms with E-state index in [2.05, 4.69) is 9.47 Å². The van der Waals surface area contributed by atoms with Crippen molar-refractivity contribution in [1.29, 1.82) is 0 Å². The summed E-state index contributed by atoms with van der Waals surface area (Å²) in [5.41, 5.74) is 0. The van der Waals surface area contributed by atoms with Gasteiger partial charge in [-0.25, -0.2) is 0 Å². The molecule has 0 fully saturated rings. The minimum absolute atomic E-state index is 0.593. The lowest BCUT2D eigenvalue weighted by Gasteiger charge is -1.94. The van der Waals surface area contributed by atoms with Crippen molar-refractivity contribution in [3.05, 3.63) is 18.8 Å². The smallest absolute Gasteiger partial charge is 0.325 e. The Morgan fingerprint density at radius 3 is 2.00 bits per heavy atom. The molecule has 1 heterocycles. The minimum atomic E-state index is 0.593. The molecule has 2 nitrogen and oxygen atoms in total. The molecule has 1 radical (unpaired) electrons. The van der Waals surface area contributed by atoms with Gasteiger partial charge in [-0.05, 0) is 0 Å². The molecule has 1 aliphatic rings. The Kier molecular flexibility index (Phi) is 0.708. The van der Waals surface area contributed by atoms with Crippen molar-refractivity contribution in [3.63, 3.8) is 0 Å². The summed E-state index contributed by atoms with van der Waals surface area (Å²) in [5, 5.41) is 0. The lowest BCUT2D eigenvalue weighted by atomic mass is 10.8. The molecule has 0 atom stereocenters. The number of hydrogen-bond acceptors (Lipinski definition) is 2. The van der Waals surface area contributed by atoms with Crippen LogP contribution in [-0.2, 0) is 9.47 Å². The van der Waals surface area contributed by atoms with Crippen LogP contribution in [0.15, 0.2) is 12.5 Å². The van der Waals surface area contributed by atoms with Gasteiger partial charge < -0.3 is 9.47 Å². The molecule has 6 heavy (non-hydrogen) atoms. The largest absolute Gasteiger partial charge is 0.450 e. The molecular formula is C4H5O2. The van der Waals surface area contributed by atoms with Gasteiger partial charge in [-0.1, -0.05) is 0 Å². The van der Waals surface area contributed by atoms with Crippen LogP contribution in [0.25, 0.3) is 0 Å². The zero-order valence-corrected chi connectivity index (χ0v) is 3.47. The molecule has 0 saturated heterocycles. The summed E-state index contributed by atoms with van der Waals surface area (Å²) in [6.45, 7) is 1.75. The minimum Gasteiger partial charge on any atom is -0.450 e. The summed E-state index contributed by atoms with van der Waals surface area (Å²) >= 11 is 0. The van der Waals surface area contributed by atoms with Crippen molar-refractivity contribution in [3.8, 4) is 0 Å². The molecule has 33 valence electrons. The van der Waals surface area contributed by atoms with Crippen LogP contribution in [0.3, 0.4) is 0 Å². The van der Waals surface area contributed by atoms with Crippen molar-refractivity contribution in [1.82, 2.24) is 0 Å². The molecule has 0 aromatic rings. The SMILES string of the molecule is C[C]1OC=CO1. The Bertz CT molecular complexity index is 59.9. The van der Waals surface area contributed by atoms with Gasteiger partial charge in [0.15, 0.2) is 0 Å². The molecule has 0 amide bonds. The first-order chi connectivity index (χ1) is 2.89. The van der Waals surface area contributed by atoms with E-state index in [1.165, 1.54) is 12.5 Å². The molecule has 0 spiro atoms. The molecule has 1 aliphatic heterocycles. The first-order valence-electron chi connectivity index (χ1n) is 1.71. The Hall–Kier alpha value is -0.660. The Labute approximate surface area is 36.4 Å². The quantitative estimate of drug-likeness (QED) is 0.437. The highest BCUT2D eigenvalue weighted by Gasteiger charge is 2.04. The van der Waals surface area contributed by atoms with Crippen molar-refractivity contribution in [2.24, 2.45) is 0 Å². The van der Waals surface area contributed by atoms with Crippen LogP contribution in [-0.4, -0.2) is 0 Å². The van der Waals surface area contributed by atoms with Crippen LogP contribution in [0.4, 0.5) is 0 Å². The fourth-order valence-electron chi connectivity index (χ4n) is 0.275. The summed E-state index contributed by atoms with van der Waals surface area (Å²) in [6.07, 6.45) is 3.58. The van der Waals surface area contributed by atoms with Gasteiger partial charge in [-0.15, -0.1) is 0 Å². The standard InChI is InChI=1S/C4H5O2/c1-4-5-2-3-6-4/h2-3H,1H3. The van der Waals surface area contributed by atoms with Crippen LogP contribution in [0.1, 0.15) is 6.92 Å². The maximum absolute atomic E-state index is 4.67. The molecule has 1 rings (SSSR count). The fraction of sp³-hybridized carbons (Fsp3) is 0.250. The van der Waals surface area contributed by atoms with E-state index in [1.54, 1.807) is 6.92 Å². The molecule has 0 N–H and O–H groups in total. The number of ether oxygens (including phenoxy) is 2. The van der Waals surface area contributed by atoms with E-state index in [0.717, 1.165) is 0 Å². The number of rotatable bonds is 0. The first-order valence-corrected chi connectivity index (χ1v) is 1.71. The summed E-state index contributed by atoms with van der Waals surface area (Å²) in [7, 11) is 0. The van der Waals surface area contributed by atoms with Gasteiger partial charge >= 0.3 is 6.29 Å². The monoisotopic (exact) mass is 85.0 g/mol. The van der Waals surface area contributed by atoms with Crippen molar-refractivity contribution < 1.29 is 9.47 Å². The van der Waals surface area contributed by atoms with E-state index in [9.17, 15) is 0 Å². The molecular weight excluding hydrogens is 80.0 g/mol. The first kappa shape index (κ1) is 3.53. The van der Waals surface area contributed by atoms with Crippen LogP contribution in [0.2, 0.25) is 0 Å². The Morgan fingerprint density at radius 2 is 1.83 bits per heavy atom. The van der Waals surface area contributed by atoms with Gasteiger partial charge in [0.1, 0.15) is 12.5 Å². The summed E-state index contributed by atoms with van der Waals surface area (Å²) < 4.78 is 9.33. The third kappa shape index (κ3) is 0.455. The molecule has 0 saturated carbocycles. The van der Waals surface area contributed by atoms with Crippen molar-refractivity contribution in [2.75, 3.05) is 0 Å². The van der Waals surface area contributed by atoms with Gasteiger partial charge in [-0.3, -0.25) is 0 Å². The van der Waals surface area contributed by atoms with E-state index in [1.807, 2.05) is 0 Å². The summed E-state index contributed by atoms with van der Waals surface area (Å²) in [5.74, 6) is 0. The second kappa shape index (κ2) is 1.20. The van der Waals surface area contributed by atoms with Crippen LogP contribution < -0.4 is 0 Å². The zero-order valence-electron chi connectivity index (χ0n) is 3.47.